The van der Waals surface area contributed by atoms with Gasteiger partial charge in [0.2, 0.25) is 7.37 Å². The van der Waals surface area contributed by atoms with Gasteiger partial charge < -0.3 is 10.00 Å². The van der Waals surface area contributed by atoms with Crippen LogP contribution in [-0.2, 0) is 9.36 Å². The third-order valence-electron chi connectivity index (χ3n) is 12.9. The predicted octanol–water partition coefficient (Wildman–Crippen LogP) is 14.2. The first-order valence-corrected chi connectivity index (χ1v) is 23.6. The van der Waals surface area contributed by atoms with Crippen LogP contribution in [0.2, 0.25) is 0 Å². The first kappa shape index (κ1) is 48.7. The smallest absolute Gasteiger partial charge is 0.307 e. The maximum atomic E-state index is 13.2. The summed E-state index contributed by atoms with van der Waals surface area (Å²) in [6, 6.07) is 0. The molecule has 2 N–H and O–H groups in total. The van der Waals surface area contributed by atoms with E-state index in [-0.39, 0.29) is 18.2 Å². The lowest BCUT2D eigenvalue weighted by Crippen LogP contribution is -2.27. The Hall–Kier alpha value is -0.340. The Labute approximate surface area is 308 Å². The van der Waals surface area contributed by atoms with Gasteiger partial charge in [0.25, 0.3) is 0 Å². The second kappa shape index (κ2) is 28.2. The summed E-state index contributed by atoms with van der Waals surface area (Å²) < 4.78 is 13.2. The minimum Gasteiger partial charge on any atom is -0.481 e. The fraction of sp³-hybridized carbons (Fsp3) is 0.955. The van der Waals surface area contributed by atoms with Crippen LogP contribution in [0.1, 0.15) is 198 Å². The average molecular weight is 711 g/mol. The predicted molar refractivity (Wildman–Crippen MR) is 215 cm³/mol. The fourth-order valence-corrected chi connectivity index (χ4v) is 11.2. The molecule has 49 heavy (non-hydrogen) atoms. The van der Waals surface area contributed by atoms with Gasteiger partial charge in [-0.15, -0.1) is 0 Å². The summed E-state index contributed by atoms with van der Waals surface area (Å²) in [5.41, 5.74) is 0. The van der Waals surface area contributed by atoms with Crippen LogP contribution in [-0.4, -0.2) is 28.3 Å². The third-order valence-corrected chi connectivity index (χ3v) is 15.1. The number of aliphatic carboxylic acids is 1. The van der Waals surface area contributed by atoms with Crippen LogP contribution in [0.3, 0.4) is 0 Å². The van der Waals surface area contributed by atoms with Gasteiger partial charge in [0.1, 0.15) is 0 Å². The van der Waals surface area contributed by atoms with Gasteiger partial charge in [-0.05, 0) is 131 Å². The number of carboxylic acid groups (broad SMARTS) is 1. The number of hydrogen-bond acceptors (Lipinski definition) is 2. The molecule has 2 radical (unpaired) electrons. The number of hydrogen-bond donors (Lipinski definition) is 2. The second-order valence-electron chi connectivity index (χ2n) is 16.6. The van der Waals surface area contributed by atoms with Crippen molar-refractivity contribution in [1.29, 1.82) is 0 Å². The minimum absolute atomic E-state index is 0.0837. The van der Waals surface area contributed by atoms with Crippen molar-refractivity contribution in [3.63, 3.8) is 0 Å². The van der Waals surface area contributed by atoms with Crippen LogP contribution in [0.5, 0.6) is 0 Å². The van der Waals surface area contributed by atoms with Gasteiger partial charge in [-0.2, -0.15) is 0 Å². The summed E-state index contributed by atoms with van der Waals surface area (Å²) in [7, 11) is -3.49. The lowest BCUT2D eigenvalue weighted by atomic mass is 9.71. The third kappa shape index (κ3) is 21.1. The second-order valence-corrected chi connectivity index (χ2v) is 19.1. The summed E-state index contributed by atoms with van der Waals surface area (Å²) in [4.78, 5) is 23.6. The Morgan fingerprint density at radius 2 is 0.755 bits per heavy atom. The molecule has 4 nitrogen and oxygen atoms in total. The highest BCUT2D eigenvalue weighted by atomic mass is 31.2. The Morgan fingerprint density at radius 1 is 0.490 bits per heavy atom. The van der Waals surface area contributed by atoms with E-state index in [1.54, 1.807) is 0 Å². The van der Waals surface area contributed by atoms with E-state index in [2.05, 4.69) is 62.3 Å². The molecule has 6 atom stereocenters. The van der Waals surface area contributed by atoms with Crippen LogP contribution in [0.4, 0.5) is 0 Å². The molecule has 0 spiro atoms. The van der Waals surface area contributed by atoms with Crippen molar-refractivity contribution in [1.82, 2.24) is 0 Å². The van der Waals surface area contributed by atoms with E-state index in [9.17, 15) is 19.4 Å². The van der Waals surface area contributed by atoms with Crippen LogP contribution in [0.25, 0.3) is 0 Å². The highest BCUT2D eigenvalue weighted by Crippen LogP contribution is 2.46. The molecule has 0 fully saturated rings. The molecule has 0 aliphatic carbocycles. The summed E-state index contributed by atoms with van der Waals surface area (Å²) in [6.45, 7) is 29.1. The van der Waals surface area contributed by atoms with E-state index in [4.69, 9.17) is 6.92 Å². The minimum atomic E-state index is -3.49. The van der Waals surface area contributed by atoms with Crippen molar-refractivity contribution in [2.45, 2.75) is 198 Å². The molecule has 0 rings (SSSR count). The topological polar surface area (TPSA) is 74.6 Å². The monoisotopic (exact) mass is 711 g/mol. The standard InChI is InChI=1S/C44H87O4P/c1-12-23-49(47,48)33-43(44(45)46)32-42(30-40(26-36(17-6)18-7)27-37(19-8)20-9)31-41(28-38(21-10)22-11)29-39(24-34(13-2)14-3)25-35(15-4)16-5/h2,34-43H,12-33H2,1,3-11H3,(H,45,46)(H,47,48). The van der Waals surface area contributed by atoms with Crippen molar-refractivity contribution in [2.24, 2.45) is 59.2 Å². The Bertz CT molecular complexity index is 797. The largest absolute Gasteiger partial charge is 0.481 e. The van der Waals surface area contributed by atoms with Crippen LogP contribution >= 0.6 is 7.37 Å². The normalized spacial score (nSPS) is 15.7. The number of carbonyl (C=O) groups is 1. The molecule has 0 saturated carbocycles. The van der Waals surface area contributed by atoms with Gasteiger partial charge in [0.05, 0.1) is 5.92 Å². The van der Waals surface area contributed by atoms with Gasteiger partial charge in [0, 0.05) is 12.3 Å². The first-order valence-electron chi connectivity index (χ1n) is 21.5. The van der Waals surface area contributed by atoms with Gasteiger partial charge in [-0.25, -0.2) is 0 Å². The van der Waals surface area contributed by atoms with Gasteiger partial charge in [0.15, 0.2) is 0 Å². The molecular weight excluding hydrogens is 623 g/mol. The van der Waals surface area contributed by atoms with Crippen molar-refractivity contribution >= 4 is 13.3 Å². The van der Waals surface area contributed by atoms with Crippen molar-refractivity contribution < 1.29 is 19.4 Å². The highest BCUT2D eigenvalue weighted by molar-refractivity contribution is 7.58. The van der Waals surface area contributed by atoms with Crippen molar-refractivity contribution in [3.05, 3.63) is 6.92 Å². The number of rotatable bonds is 33. The summed E-state index contributed by atoms with van der Waals surface area (Å²) >= 11 is 0. The molecule has 0 amide bonds. The zero-order chi connectivity index (χ0) is 37.4. The summed E-state index contributed by atoms with van der Waals surface area (Å²) in [5, 5.41) is 10.5. The van der Waals surface area contributed by atoms with E-state index in [1.165, 1.54) is 89.9 Å². The molecule has 0 saturated heterocycles. The number of carboxylic acids is 1. The highest BCUT2D eigenvalue weighted by Gasteiger charge is 2.34. The van der Waals surface area contributed by atoms with E-state index in [0.29, 0.717) is 54.3 Å². The molecule has 0 aromatic rings. The van der Waals surface area contributed by atoms with Gasteiger partial charge >= 0.3 is 5.97 Å². The van der Waals surface area contributed by atoms with E-state index < -0.39 is 19.3 Å². The average Bonchev–Trinajstić information content (AvgIpc) is 3.08. The zero-order valence-corrected chi connectivity index (χ0v) is 35.5. The fourth-order valence-electron chi connectivity index (χ4n) is 9.28. The van der Waals surface area contributed by atoms with E-state index in [1.807, 2.05) is 6.92 Å². The zero-order valence-electron chi connectivity index (χ0n) is 34.6. The van der Waals surface area contributed by atoms with E-state index >= 15 is 0 Å². The van der Waals surface area contributed by atoms with Crippen LogP contribution < -0.4 is 0 Å². The quantitative estimate of drug-likeness (QED) is 0.0665. The van der Waals surface area contributed by atoms with Gasteiger partial charge in [-0.1, -0.05) is 127 Å². The molecule has 0 aliphatic rings. The molecule has 292 valence electrons. The lowest BCUT2D eigenvalue weighted by molar-refractivity contribution is -0.141. The maximum absolute atomic E-state index is 13.2. The SMILES string of the molecule is [CH]CC(CC)CC(CC(CC)CC)CC(CC(CC)CC)CC(CC(CC(CC)CC)CC(CC)CC)CC(CP(=O)(O)CCC)C(=O)O. The Morgan fingerprint density at radius 3 is 1.00 bits per heavy atom. The molecule has 0 aromatic heterocycles. The molecule has 5 heteroatoms. The van der Waals surface area contributed by atoms with Crippen molar-refractivity contribution in [2.75, 3.05) is 12.3 Å². The Balaban J connectivity index is 6.90. The summed E-state index contributed by atoms with van der Waals surface area (Å²) in [6.07, 6.45) is 22.1. The molecule has 0 aliphatic heterocycles. The van der Waals surface area contributed by atoms with Gasteiger partial charge in [-0.3, -0.25) is 9.36 Å². The molecule has 0 heterocycles. The molecule has 0 aromatic carbocycles. The first-order chi connectivity index (χ1) is 23.3. The van der Waals surface area contributed by atoms with Crippen LogP contribution in [0.15, 0.2) is 0 Å². The Kier molecular flexibility index (Phi) is 28.0. The maximum Gasteiger partial charge on any atom is 0.307 e. The lowest BCUT2D eigenvalue weighted by Gasteiger charge is -2.35. The van der Waals surface area contributed by atoms with E-state index in [0.717, 1.165) is 31.6 Å². The molecule has 0 bridgehead atoms. The van der Waals surface area contributed by atoms with Crippen molar-refractivity contribution in [3.8, 4) is 0 Å². The summed E-state index contributed by atoms with van der Waals surface area (Å²) in [5.74, 6) is 3.73. The molecule has 6 unspecified atom stereocenters. The molecular formula is C44H87O4P. The van der Waals surface area contributed by atoms with Crippen LogP contribution in [0, 0.1) is 66.1 Å².